The Labute approximate surface area is 106 Å². The van der Waals surface area contributed by atoms with Gasteiger partial charge in [-0.2, -0.15) is 0 Å². The molecule has 0 aliphatic carbocycles. The molecule has 0 spiro atoms. The van der Waals surface area contributed by atoms with E-state index in [4.69, 9.17) is 0 Å². The van der Waals surface area contributed by atoms with E-state index in [1.807, 2.05) is 4.90 Å². The van der Waals surface area contributed by atoms with Gasteiger partial charge in [-0.25, -0.2) is 0 Å². The van der Waals surface area contributed by atoms with Gasteiger partial charge in [0.1, 0.15) is 0 Å². The largest absolute Gasteiger partial charge is 0.341 e. The SMILES string of the molecule is CCN(CC1CCCN1)C(=O)CCC(C)(C)C. The van der Waals surface area contributed by atoms with Crippen LogP contribution in [0.3, 0.4) is 0 Å². The summed E-state index contributed by atoms with van der Waals surface area (Å²) in [7, 11) is 0. The van der Waals surface area contributed by atoms with E-state index in [1.54, 1.807) is 0 Å². The van der Waals surface area contributed by atoms with Crippen molar-refractivity contribution in [2.45, 2.75) is 59.4 Å². The number of nitrogens with zero attached hydrogens (tertiary/aromatic N) is 1. The van der Waals surface area contributed by atoms with E-state index in [0.29, 0.717) is 18.4 Å². The second kappa shape index (κ2) is 6.39. The van der Waals surface area contributed by atoms with Crippen molar-refractivity contribution >= 4 is 5.91 Å². The molecular formula is C14H28N2O. The number of nitrogens with one attached hydrogen (secondary N) is 1. The molecule has 1 aliphatic rings. The van der Waals surface area contributed by atoms with Gasteiger partial charge in [0.15, 0.2) is 0 Å². The number of carbonyl (C=O) groups excluding carboxylic acids is 1. The zero-order chi connectivity index (χ0) is 12.9. The van der Waals surface area contributed by atoms with Crippen molar-refractivity contribution in [1.29, 1.82) is 0 Å². The molecule has 0 aromatic heterocycles. The highest BCUT2D eigenvalue weighted by Crippen LogP contribution is 2.21. The summed E-state index contributed by atoms with van der Waals surface area (Å²) in [6.07, 6.45) is 4.12. The van der Waals surface area contributed by atoms with E-state index in [0.717, 1.165) is 26.1 Å². The topological polar surface area (TPSA) is 32.3 Å². The Morgan fingerprint density at radius 1 is 1.41 bits per heavy atom. The lowest BCUT2D eigenvalue weighted by Gasteiger charge is -2.26. The smallest absolute Gasteiger partial charge is 0.222 e. The summed E-state index contributed by atoms with van der Waals surface area (Å²) in [5, 5.41) is 3.45. The third kappa shape index (κ3) is 5.53. The molecule has 1 unspecified atom stereocenters. The minimum atomic E-state index is 0.251. The lowest BCUT2D eigenvalue weighted by Crippen LogP contribution is -2.41. The Morgan fingerprint density at radius 3 is 2.59 bits per heavy atom. The fraction of sp³-hybridized carbons (Fsp3) is 0.929. The number of rotatable bonds is 5. The van der Waals surface area contributed by atoms with Crippen LogP contribution in [0, 0.1) is 5.41 Å². The summed E-state index contributed by atoms with van der Waals surface area (Å²) in [4.78, 5) is 14.1. The molecule has 0 aromatic carbocycles. The number of hydrogen-bond donors (Lipinski definition) is 1. The number of carbonyl (C=O) groups is 1. The van der Waals surface area contributed by atoms with Crippen LogP contribution in [-0.2, 0) is 4.79 Å². The molecule has 1 amide bonds. The maximum Gasteiger partial charge on any atom is 0.222 e. The average molecular weight is 240 g/mol. The van der Waals surface area contributed by atoms with Gasteiger partial charge in [-0.1, -0.05) is 20.8 Å². The Balaban J connectivity index is 2.35. The van der Waals surface area contributed by atoms with E-state index >= 15 is 0 Å². The lowest BCUT2D eigenvalue weighted by molar-refractivity contribution is -0.131. The molecule has 0 bridgehead atoms. The zero-order valence-electron chi connectivity index (χ0n) is 11.9. The zero-order valence-corrected chi connectivity index (χ0v) is 11.9. The van der Waals surface area contributed by atoms with E-state index < -0.39 is 0 Å². The van der Waals surface area contributed by atoms with Gasteiger partial charge in [0.25, 0.3) is 0 Å². The Morgan fingerprint density at radius 2 is 2.12 bits per heavy atom. The third-order valence-corrected chi connectivity index (χ3v) is 3.43. The van der Waals surface area contributed by atoms with E-state index in [-0.39, 0.29) is 5.41 Å². The Hall–Kier alpha value is -0.570. The van der Waals surface area contributed by atoms with Gasteiger partial charge < -0.3 is 10.2 Å². The minimum Gasteiger partial charge on any atom is -0.341 e. The molecule has 1 N–H and O–H groups in total. The first-order chi connectivity index (χ1) is 7.92. The molecule has 1 saturated heterocycles. The average Bonchev–Trinajstić information content (AvgIpc) is 2.74. The van der Waals surface area contributed by atoms with Crippen LogP contribution in [0.4, 0.5) is 0 Å². The third-order valence-electron chi connectivity index (χ3n) is 3.43. The molecule has 1 atom stereocenters. The van der Waals surface area contributed by atoms with Crippen LogP contribution in [-0.4, -0.2) is 36.5 Å². The highest BCUT2D eigenvalue weighted by molar-refractivity contribution is 5.76. The maximum atomic E-state index is 12.1. The predicted molar refractivity (Wildman–Crippen MR) is 72.0 cm³/mol. The number of amides is 1. The van der Waals surface area contributed by atoms with Crippen molar-refractivity contribution in [2.24, 2.45) is 5.41 Å². The highest BCUT2D eigenvalue weighted by atomic mass is 16.2. The molecule has 0 aromatic rings. The van der Waals surface area contributed by atoms with Crippen LogP contribution in [0.25, 0.3) is 0 Å². The predicted octanol–water partition coefficient (Wildman–Crippen LogP) is 2.41. The van der Waals surface area contributed by atoms with Crippen molar-refractivity contribution in [2.75, 3.05) is 19.6 Å². The minimum absolute atomic E-state index is 0.251. The molecule has 100 valence electrons. The maximum absolute atomic E-state index is 12.1. The van der Waals surface area contributed by atoms with Gasteiger partial charge in [0, 0.05) is 25.6 Å². The quantitative estimate of drug-likeness (QED) is 0.800. The fourth-order valence-corrected chi connectivity index (χ4v) is 2.23. The first-order valence-electron chi connectivity index (χ1n) is 6.93. The van der Waals surface area contributed by atoms with Gasteiger partial charge >= 0.3 is 0 Å². The van der Waals surface area contributed by atoms with Crippen LogP contribution in [0.1, 0.15) is 53.4 Å². The normalized spacial score (nSPS) is 20.6. The van der Waals surface area contributed by atoms with Crippen molar-refractivity contribution in [3.8, 4) is 0 Å². The molecule has 0 saturated carbocycles. The monoisotopic (exact) mass is 240 g/mol. The first-order valence-corrected chi connectivity index (χ1v) is 6.93. The van der Waals surface area contributed by atoms with E-state index in [1.165, 1.54) is 12.8 Å². The molecule has 0 radical (unpaired) electrons. The van der Waals surface area contributed by atoms with Gasteiger partial charge in [0.05, 0.1) is 0 Å². The van der Waals surface area contributed by atoms with Crippen molar-refractivity contribution in [3.63, 3.8) is 0 Å². The Bertz CT molecular complexity index is 239. The van der Waals surface area contributed by atoms with Crippen molar-refractivity contribution in [1.82, 2.24) is 10.2 Å². The van der Waals surface area contributed by atoms with E-state index in [9.17, 15) is 4.79 Å². The molecule has 17 heavy (non-hydrogen) atoms. The fourth-order valence-electron chi connectivity index (χ4n) is 2.23. The van der Waals surface area contributed by atoms with Crippen LogP contribution in [0.5, 0.6) is 0 Å². The van der Waals surface area contributed by atoms with Crippen molar-refractivity contribution < 1.29 is 4.79 Å². The highest BCUT2D eigenvalue weighted by Gasteiger charge is 2.21. The van der Waals surface area contributed by atoms with Gasteiger partial charge in [0.2, 0.25) is 5.91 Å². The standard InChI is InChI=1S/C14H28N2O/c1-5-16(11-12-7-6-10-15-12)13(17)8-9-14(2,3)4/h12,15H,5-11H2,1-4H3. The summed E-state index contributed by atoms with van der Waals surface area (Å²) in [5.41, 5.74) is 0.251. The van der Waals surface area contributed by atoms with Crippen LogP contribution in [0.15, 0.2) is 0 Å². The summed E-state index contributed by atoms with van der Waals surface area (Å²) in [6, 6.07) is 0.522. The number of likely N-dealkylation sites (N-methyl/N-ethyl adjacent to an activating group) is 1. The van der Waals surface area contributed by atoms with Crippen LogP contribution >= 0.6 is 0 Å². The van der Waals surface area contributed by atoms with Gasteiger partial charge in [-0.15, -0.1) is 0 Å². The summed E-state index contributed by atoms with van der Waals surface area (Å²) in [5.74, 6) is 0.316. The molecule has 1 rings (SSSR count). The summed E-state index contributed by atoms with van der Waals surface area (Å²) < 4.78 is 0. The molecular weight excluding hydrogens is 212 g/mol. The molecule has 1 heterocycles. The molecule has 3 nitrogen and oxygen atoms in total. The van der Waals surface area contributed by atoms with Crippen LogP contribution in [0.2, 0.25) is 0 Å². The second-order valence-corrected chi connectivity index (χ2v) is 6.29. The van der Waals surface area contributed by atoms with Crippen molar-refractivity contribution in [3.05, 3.63) is 0 Å². The first kappa shape index (κ1) is 14.5. The summed E-state index contributed by atoms with van der Waals surface area (Å²) in [6.45, 7) is 11.5. The molecule has 1 fully saturated rings. The Kier molecular flexibility index (Phi) is 5.44. The van der Waals surface area contributed by atoms with E-state index in [2.05, 4.69) is 33.0 Å². The lowest BCUT2D eigenvalue weighted by atomic mass is 9.90. The number of hydrogen-bond acceptors (Lipinski definition) is 2. The summed E-state index contributed by atoms with van der Waals surface area (Å²) >= 11 is 0. The molecule has 1 aliphatic heterocycles. The van der Waals surface area contributed by atoms with Gasteiger partial charge in [-0.05, 0) is 38.1 Å². The van der Waals surface area contributed by atoms with Crippen LogP contribution < -0.4 is 5.32 Å². The van der Waals surface area contributed by atoms with Gasteiger partial charge in [-0.3, -0.25) is 4.79 Å². The molecule has 3 heteroatoms. The second-order valence-electron chi connectivity index (χ2n) is 6.29.